The average molecular weight is 579 g/mol. The Hall–Kier alpha value is -4.45. The number of amides is 5. The van der Waals surface area contributed by atoms with E-state index in [1.807, 2.05) is 30.3 Å². The number of hydrogen-bond donors (Lipinski definition) is 5. The topological polar surface area (TPSA) is 188 Å². The Balaban J connectivity index is 1.35. The highest BCUT2D eigenvalue weighted by Gasteiger charge is 2.38. The Morgan fingerprint density at radius 3 is 2.07 bits per heavy atom. The van der Waals surface area contributed by atoms with E-state index < -0.39 is 54.3 Å². The van der Waals surface area contributed by atoms with Crippen LogP contribution >= 0.6 is 0 Å². The molecule has 12 heteroatoms. The first kappa shape index (κ1) is 30.5. The average Bonchev–Trinajstić information content (AvgIpc) is 3.67. The van der Waals surface area contributed by atoms with E-state index >= 15 is 0 Å². The number of nitrogens with two attached hydrogens (primary N) is 2. The summed E-state index contributed by atoms with van der Waals surface area (Å²) in [5, 5.41) is 14.8. The molecule has 0 saturated carbocycles. The third-order valence-electron chi connectivity index (χ3n) is 7.75. The Labute approximate surface area is 244 Å². The van der Waals surface area contributed by atoms with Gasteiger partial charge in [-0.3, -0.25) is 24.0 Å². The van der Waals surface area contributed by atoms with Crippen LogP contribution in [0.4, 0.5) is 0 Å². The lowest BCUT2D eigenvalue weighted by Crippen LogP contribution is -2.56. The predicted octanol–water partition coefficient (Wildman–Crippen LogP) is -0.427. The van der Waals surface area contributed by atoms with Crippen LogP contribution in [0.1, 0.15) is 36.8 Å². The van der Waals surface area contributed by atoms with E-state index in [-0.39, 0.29) is 24.5 Å². The van der Waals surface area contributed by atoms with Crippen LogP contribution in [0.15, 0.2) is 54.6 Å². The minimum atomic E-state index is -0.959. The summed E-state index contributed by atoms with van der Waals surface area (Å²) in [5.74, 6) is -2.31. The fraction of sp³-hybridized carbons (Fsp3) is 0.433. The molecule has 2 fully saturated rings. The van der Waals surface area contributed by atoms with E-state index in [0.29, 0.717) is 38.8 Å². The number of phenols is 1. The molecule has 2 saturated heterocycles. The van der Waals surface area contributed by atoms with Crippen LogP contribution in [-0.4, -0.2) is 88.2 Å². The monoisotopic (exact) mass is 578 g/mol. The quantitative estimate of drug-likeness (QED) is 0.239. The lowest BCUT2D eigenvalue weighted by Gasteiger charge is -2.28. The first-order valence-electron chi connectivity index (χ1n) is 14.2. The van der Waals surface area contributed by atoms with Gasteiger partial charge in [0.2, 0.25) is 29.5 Å². The third kappa shape index (κ3) is 7.64. The first-order chi connectivity index (χ1) is 20.1. The number of benzene rings is 2. The number of likely N-dealkylation sites (tertiary alicyclic amines) is 2. The number of hydrogen-bond acceptors (Lipinski definition) is 7. The van der Waals surface area contributed by atoms with Crippen molar-refractivity contribution in [3.05, 3.63) is 65.7 Å². The Morgan fingerprint density at radius 2 is 1.43 bits per heavy atom. The SMILES string of the molecule is NC(=O)[C@@H]1CCCN1C(=O)[C@H](Cc1ccccc1)NC(=O)CNC(=O)[C@@H]1CCCN1C(=O)[C@@H](N)Cc1ccc(O)cc1. The molecule has 0 aromatic heterocycles. The zero-order chi connectivity index (χ0) is 30.2. The van der Waals surface area contributed by atoms with Gasteiger partial charge in [0.05, 0.1) is 12.6 Å². The fourth-order valence-electron chi connectivity index (χ4n) is 5.60. The van der Waals surface area contributed by atoms with Crippen molar-refractivity contribution in [2.75, 3.05) is 19.6 Å². The van der Waals surface area contributed by atoms with Crippen LogP contribution in [0.3, 0.4) is 0 Å². The number of primary amides is 1. The summed E-state index contributed by atoms with van der Waals surface area (Å²) in [5.41, 5.74) is 13.3. The molecule has 0 radical (unpaired) electrons. The molecule has 2 heterocycles. The second kappa shape index (κ2) is 13.9. The van der Waals surface area contributed by atoms with Gasteiger partial charge >= 0.3 is 0 Å². The maximum absolute atomic E-state index is 13.4. The number of phenolic OH excluding ortho intramolecular Hbond substituents is 1. The van der Waals surface area contributed by atoms with E-state index in [1.165, 1.54) is 21.9 Å². The van der Waals surface area contributed by atoms with Crippen molar-refractivity contribution >= 4 is 29.5 Å². The minimum absolute atomic E-state index is 0.112. The highest BCUT2D eigenvalue weighted by Crippen LogP contribution is 2.21. The molecule has 0 spiro atoms. The van der Waals surface area contributed by atoms with Crippen molar-refractivity contribution < 1.29 is 29.1 Å². The van der Waals surface area contributed by atoms with Crippen LogP contribution in [0.2, 0.25) is 0 Å². The lowest BCUT2D eigenvalue weighted by atomic mass is 10.0. The van der Waals surface area contributed by atoms with Crippen molar-refractivity contribution in [3.63, 3.8) is 0 Å². The van der Waals surface area contributed by atoms with Crippen molar-refractivity contribution in [1.29, 1.82) is 0 Å². The van der Waals surface area contributed by atoms with Crippen LogP contribution in [0.5, 0.6) is 5.75 Å². The minimum Gasteiger partial charge on any atom is -0.508 e. The number of rotatable bonds is 11. The Kier molecular flexibility index (Phi) is 10.1. The van der Waals surface area contributed by atoms with Crippen molar-refractivity contribution in [2.24, 2.45) is 11.5 Å². The highest BCUT2D eigenvalue weighted by molar-refractivity contribution is 5.95. The smallest absolute Gasteiger partial charge is 0.246 e. The summed E-state index contributed by atoms with van der Waals surface area (Å²) >= 11 is 0. The molecule has 224 valence electrons. The van der Waals surface area contributed by atoms with Crippen molar-refractivity contribution in [2.45, 2.75) is 62.7 Å². The number of aromatic hydroxyl groups is 1. The maximum atomic E-state index is 13.4. The molecule has 2 aromatic carbocycles. The molecule has 2 aliphatic heterocycles. The van der Waals surface area contributed by atoms with E-state index in [9.17, 15) is 29.1 Å². The summed E-state index contributed by atoms with van der Waals surface area (Å²) < 4.78 is 0. The summed E-state index contributed by atoms with van der Waals surface area (Å²) in [6.07, 6.45) is 2.60. The van der Waals surface area contributed by atoms with Gasteiger partial charge in [0, 0.05) is 19.5 Å². The van der Waals surface area contributed by atoms with E-state index in [0.717, 1.165) is 11.1 Å². The molecular formula is C30H38N6O6. The van der Waals surface area contributed by atoms with Crippen LogP contribution in [-0.2, 0) is 36.8 Å². The second-order valence-electron chi connectivity index (χ2n) is 10.8. The van der Waals surface area contributed by atoms with Crippen LogP contribution in [0, 0.1) is 0 Å². The van der Waals surface area contributed by atoms with E-state index in [1.54, 1.807) is 12.1 Å². The fourth-order valence-corrected chi connectivity index (χ4v) is 5.60. The molecule has 0 bridgehead atoms. The van der Waals surface area contributed by atoms with Crippen LogP contribution < -0.4 is 22.1 Å². The van der Waals surface area contributed by atoms with Gasteiger partial charge in [0.15, 0.2) is 0 Å². The molecule has 0 unspecified atom stereocenters. The molecule has 12 nitrogen and oxygen atoms in total. The van der Waals surface area contributed by atoms with Gasteiger partial charge in [0.1, 0.15) is 23.9 Å². The number of carbonyl (C=O) groups is 5. The largest absolute Gasteiger partial charge is 0.508 e. The highest BCUT2D eigenvalue weighted by atomic mass is 16.3. The maximum Gasteiger partial charge on any atom is 0.246 e. The number of nitrogens with one attached hydrogen (secondary N) is 2. The standard InChI is InChI=1S/C30H38N6O6/c31-22(16-20-10-12-21(37)13-11-20)29(41)36-15-5-9-25(36)28(40)33-18-26(38)34-23(17-19-6-2-1-3-7-19)30(42)35-14-4-8-24(35)27(32)39/h1-3,6-7,10-13,22-25,37H,4-5,8-9,14-18,31H2,(H2,32,39)(H,33,40)(H,34,38)/t22-,23-,24-,25-/m0/s1. The molecular weight excluding hydrogens is 540 g/mol. The second-order valence-corrected chi connectivity index (χ2v) is 10.8. The zero-order valence-electron chi connectivity index (χ0n) is 23.4. The van der Waals surface area contributed by atoms with Crippen molar-refractivity contribution in [3.8, 4) is 5.75 Å². The van der Waals surface area contributed by atoms with E-state index in [2.05, 4.69) is 10.6 Å². The first-order valence-corrected chi connectivity index (χ1v) is 14.2. The Bertz CT molecular complexity index is 1290. The molecule has 0 aliphatic carbocycles. The van der Waals surface area contributed by atoms with Gasteiger partial charge in [-0.15, -0.1) is 0 Å². The lowest BCUT2D eigenvalue weighted by molar-refractivity contribution is -0.141. The third-order valence-corrected chi connectivity index (χ3v) is 7.75. The van der Waals surface area contributed by atoms with Gasteiger partial charge in [-0.05, 0) is 55.4 Å². The van der Waals surface area contributed by atoms with Gasteiger partial charge in [-0.1, -0.05) is 42.5 Å². The number of nitrogens with zero attached hydrogens (tertiary/aromatic N) is 2. The summed E-state index contributed by atoms with van der Waals surface area (Å²) in [6.45, 7) is 0.344. The summed E-state index contributed by atoms with van der Waals surface area (Å²) in [4.78, 5) is 67.2. The molecule has 7 N–H and O–H groups in total. The van der Waals surface area contributed by atoms with Gasteiger partial charge < -0.3 is 37.0 Å². The summed E-state index contributed by atoms with van der Waals surface area (Å²) in [6, 6.07) is 12.2. The molecule has 2 aromatic rings. The zero-order valence-corrected chi connectivity index (χ0v) is 23.4. The Morgan fingerprint density at radius 1 is 0.833 bits per heavy atom. The van der Waals surface area contributed by atoms with Gasteiger partial charge in [-0.25, -0.2) is 0 Å². The van der Waals surface area contributed by atoms with Gasteiger partial charge in [-0.2, -0.15) is 0 Å². The summed E-state index contributed by atoms with van der Waals surface area (Å²) in [7, 11) is 0. The van der Waals surface area contributed by atoms with Crippen LogP contribution in [0.25, 0.3) is 0 Å². The van der Waals surface area contributed by atoms with Crippen molar-refractivity contribution in [1.82, 2.24) is 20.4 Å². The predicted molar refractivity (Wildman–Crippen MR) is 154 cm³/mol. The van der Waals surface area contributed by atoms with Gasteiger partial charge in [0.25, 0.3) is 0 Å². The molecule has 4 rings (SSSR count). The van der Waals surface area contributed by atoms with E-state index in [4.69, 9.17) is 11.5 Å². The molecule has 4 atom stereocenters. The molecule has 42 heavy (non-hydrogen) atoms. The molecule has 2 aliphatic rings. The molecule has 5 amide bonds. The normalized spacial score (nSPS) is 19.6. The number of carbonyl (C=O) groups excluding carboxylic acids is 5.